The fourth-order valence-electron chi connectivity index (χ4n) is 3.52. The molecule has 4 rings (SSSR count). The second kappa shape index (κ2) is 8.23. The minimum atomic E-state index is -0.197. The van der Waals surface area contributed by atoms with E-state index in [4.69, 9.17) is 9.15 Å². The van der Waals surface area contributed by atoms with Crippen molar-refractivity contribution in [2.45, 2.75) is 57.8 Å². The monoisotopic (exact) mass is 369 g/mol. The van der Waals surface area contributed by atoms with Crippen LogP contribution in [0.15, 0.2) is 34.9 Å². The zero-order chi connectivity index (χ0) is 18.6. The SMILES string of the molecule is Cc1ccccc1CN(Cc1nc(C(=O)NCC2CCCO2)co1)C1CC1. The average molecular weight is 369 g/mol. The van der Waals surface area contributed by atoms with Crippen LogP contribution in [0.25, 0.3) is 0 Å². The van der Waals surface area contributed by atoms with E-state index in [9.17, 15) is 4.79 Å². The Bertz CT molecular complexity index is 778. The summed E-state index contributed by atoms with van der Waals surface area (Å²) in [5.74, 6) is 0.398. The first-order valence-corrected chi connectivity index (χ1v) is 9.82. The second-order valence-electron chi connectivity index (χ2n) is 7.53. The summed E-state index contributed by atoms with van der Waals surface area (Å²) in [6.45, 7) is 4.95. The van der Waals surface area contributed by atoms with Crippen molar-refractivity contribution < 1.29 is 13.9 Å². The summed E-state index contributed by atoms with van der Waals surface area (Å²) in [6, 6.07) is 9.03. The van der Waals surface area contributed by atoms with Gasteiger partial charge in [-0.15, -0.1) is 0 Å². The van der Waals surface area contributed by atoms with Gasteiger partial charge < -0.3 is 14.5 Å². The molecule has 6 heteroatoms. The minimum absolute atomic E-state index is 0.125. The van der Waals surface area contributed by atoms with E-state index in [-0.39, 0.29) is 12.0 Å². The molecule has 6 nitrogen and oxygen atoms in total. The maximum absolute atomic E-state index is 12.3. The van der Waals surface area contributed by atoms with Gasteiger partial charge in [0.15, 0.2) is 5.69 Å². The molecule has 2 aliphatic rings. The van der Waals surface area contributed by atoms with Crippen LogP contribution in [0.5, 0.6) is 0 Å². The Morgan fingerprint density at radius 3 is 2.85 bits per heavy atom. The zero-order valence-electron chi connectivity index (χ0n) is 15.8. The molecule has 1 N–H and O–H groups in total. The molecule has 2 aromatic rings. The fraction of sp³-hybridized carbons (Fsp3) is 0.524. The maximum Gasteiger partial charge on any atom is 0.273 e. The van der Waals surface area contributed by atoms with Gasteiger partial charge in [0.1, 0.15) is 6.26 Å². The van der Waals surface area contributed by atoms with Crippen molar-refractivity contribution in [3.8, 4) is 0 Å². The van der Waals surface area contributed by atoms with E-state index < -0.39 is 0 Å². The molecule has 2 heterocycles. The summed E-state index contributed by atoms with van der Waals surface area (Å²) in [7, 11) is 0. The van der Waals surface area contributed by atoms with Crippen LogP contribution < -0.4 is 5.32 Å². The topological polar surface area (TPSA) is 67.6 Å². The van der Waals surface area contributed by atoms with Gasteiger partial charge in [0.05, 0.1) is 12.6 Å². The van der Waals surface area contributed by atoms with E-state index >= 15 is 0 Å². The van der Waals surface area contributed by atoms with Crippen LogP contribution in [-0.2, 0) is 17.8 Å². The molecule has 0 spiro atoms. The molecule has 1 amide bonds. The van der Waals surface area contributed by atoms with E-state index in [0.717, 1.165) is 26.0 Å². The van der Waals surface area contributed by atoms with Crippen LogP contribution in [0.4, 0.5) is 0 Å². The summed E-state index contributed by atoms with van der Waals surface area (Å²) in [5.41, 5.74) is 2.96. The third-order valence-corrected chi connectivity index (χ3v) is 5.33. The Labute approximate surface area is 159 Å². The Morgan fingerprint density at radius 2 is 2.11 bits per heavy atom. The molecule has 1 aliphatic carbocycles. The highest BCUT2D eigenvalue weighted by Crippen LogP contribution is 2.30. The third-order valence-electron chi connectivity index (χ3n) is 5.33. The molecule has 0 bridgehead atoms. The highest BCUT2D eigenvalue weighted by Gasteiger charge is 2.30. The Balaban J connectivity index is 1.35. The number of nitrogens with zero attached hydrogens (tertiary/aromatic N) is 2. The molecule has 1 atom stereocenters. The van der Waals surface area contributed by atoms with Crippen molar-refractivity contribution in [3.63, 3.8) is 0 Å². The molecule has 2 fully saturated rings. The number of aryl methyl sites for hydroxylation is 1. The summed E-state index contributed by atoms with van der Waals surface area (Å²) < 4.78 is 11.1. The van der Waals surface area contributed by atoms with Crippen molar-refractivity contribution in [2.75, 3.05) is 13.2 Å². The minimum Gasteiger partial charge on any atom is -0.447 e. The highest BCUT2D eigenvalue weighted by molar-refractivity contribution is 5.91. The number of hydrogen-bond acceptors (Lipinski definition) is 5. The van der Waals surface area contributed by atoms with Crippen LogP contribution in [0.2, 0.25) is 0 Å². The van der Waals surface area contributed by atoms with E-state index in [1.807, 2.05) is 0 Å². The third kappa shape index (κ3) is 4.76. The molecular weight excluding hydrogens is 342 g/mol. The fourth-order valence-corrected chi connectivity index (χ4v) is 3.52. The van der Waals surface area contributed by atoms with Crippen molar-refractivity contribution in [1.29, 1.82) is 0 Å². The number of hydrogen-bond donors (Lipinski definition) is 1. The average Bonchev–Trinajstić information content (AvgIpc) is 3.18. The Hall–Kier alpha value is -2.18. The summed E-state index contributed by atoms with van der Waals surface area (Å²) >= 11 is 0. The number of carbonyl (C=O) groups is 1. The van der Waals surface area contributed by atoms with Gasteiger partial charge in [-0.1, -0.05) is 24.3 Å². The number of carbonyl (C=O) groups excluding carboxylic acids is 1. The van der Waals surface area contributed by atoms with Crippen LogP contribution in [0, 0.1) is 6.92 Å². The number of nitrogens with one attached hydrogen (secondary N) is 1. The Kier molecular flexibility index (Phi) is 5.55. The van der Waals surface area contributed by atoms with Crippen molar-refractivity contribution >= 4 is 5.91 Å². The maximum atomic E-state index is 12.3. The predicted octanol–water partition coefficient (Wildman–Crippen LogP) is 3.06. The first-order valence-electron chi connectivity index (χ1n) is 9.82. The van der Waals surface area contributed by atoms with Gasteiger partial charge in [-0.05, 0) is 43.7 Å². The van der Waals surface area contributed by atoms with Crippen LogP contribution in [-0.4, -0.2) is 41.1 Å². The first-order chi connectivity index (χ1) is 13.2. The predicted molar refractivity (Wildman–Crippen MR) is 101 cm³/mol. The lowest BCUT2D eigenvalue weighted by Gasteiger charge is -2.21. The van der Waals surface area contributed by atoms with Gasteiger partial charge in [-0.3, -0.25) is 9.69 Å². The van der Waals surface area contributed by atoms with Gasteiger partial charge in [0, 0.05) is 25.7 Å². The van der Waals surface area contributed by atoms with Crippen molar-refractivity contribution in [1.82, 2.24) is 15.2 Å². The standard InChI is InChI=1S/C21H27N3O3/c1-15-5-2-3-6-16(15)12-24(17-8-9-17)13-20-23-19(14-27-20)21(25)22-11-18-7-4-10-26-18/h2-3,5-6,14,17-18H,4,7-13H2,1H3,(H,22,25). The van der Waals surface area contributed by atoms with Gasteiger partial charge in [0.25, 0.3) is 5.91 Å². The molecule has 1 aromatic carbocycles. The summed E-state index contributed by atoms with van der Waals surface area (Å²) in [5, 5.41) is 2.89. The number of ether oxygens (including phenoxy) is 1. The normalized spacial score (nSPS) is 19.6. The Morgan fingerprint density at radius 1 is 1.26 bits per heavy atom. The lowest BCUT2D eigenvalue weighted by atomic mass is 10.1. The van der Waals surface area contributed by atoms with Gasteiger partial charge in [-0.25, -0.2) is 4.98 Å². The first kappa shape index (κ1) is 18.2. The van der Waals surface area contributed by atoms with Crippen molar-refractivity contribution in [3.05, 3.63) is 53.2 Å². The smallest absolute Gasteiger partial charge is 0.273 e. The number of rotatable bonds is 8. The number of amides is 1. The van der Waals surface area contributed by atoms with Crippen molar-refractivity contribution in [2.24, 2.45) is 0 Å². The molecule has 0 radical (unpaired) electrons. The number of oxazole rings is 1. The van der Waals surface area contributed by atoms with E-state index in [0.29, 0.717) is 30.7 Å². The number of aromatic nitrogens is 1. The molecule has 1 aliphatic heterocycles. The lowest BCUT2D eigenvalue weighted by Crippen LogP contribution is -2.32. The van der Waals surface area contributed by atoms with Gasteiger partial charge >= 0.3 is 0 Å². The zero-order valence-corrected chi connectivity index (χ0v) is 15.8. The summed E-state index contributed by atoms with van der Waals surface area (Å²) in [4.78, 5) is 19.1. The second-order valence-corrected chi connectivity index (χ2v) is 7.53. The van der Waals surface area contributed by atoms with Gasteiger partial charge in [0.2, 0.25) is 5.89 Å². The van der Waals surface area contributed by atoms with Gasteiger partial charge in [-0.2, -0.15) is 0 Å². The van der Waals surface area contributed by atoms with Crippen LogP contribution in [0.1, 0.15) is 53.2 Å². The number of benzene rings is 1. The van der Waals surface area contributed by atoms with Crippen LogP contribution in [0.3, 0.4) is 0 Å². The van der Waals surface area contributed by atoms with E-state index in [1.54, 1.807) is 0 Å². The van der Waals surface area contributed by atoms with E-state index in [2.05, 4.69) is 46.4 Å². The molecule has 1 saturated carbocycles. The molecule has 1 unspecified atom stereocenters. The highest BCUT2D eigenvalue weighted by atomic mass is 16.5. The molecule has 1 saturated heterocycles. The molecule has 1 aromatic heterocycles. The molecule has 144 valence electrons. The largest absolute Gasteiger partial charge is 0.447 e. The van der Waals surface area contributed by atoms with E-state index in [1.165, 1.54) is 30.2 Å². The quantitative estimate of drug-likeness (QED) is 0.775. The lowest BCUT2D eigenvalue weighted by molar-refractivity contribution is 0.0853. The van der Waals surface area contributed by atoms with Crippen LogP contribution >= 0.6 is 0 Å². The molecular formula is C21H27N3O3. The molecule has 27 heavy (non-hydrogen) atoms. The summed E-state index contributed by atoms with van der Waals surface area (Å²) in [6.07, 6.45) is 6.06.